The normalized spacial score (nSPS) is 16.2. The quantitative estimate of drug-likeness (QED) is 0.378. The molecule has 0 bridgehead atoms. The minimum absolute atomic E-state index is 1.02. The van der Waals surface area contributed by atoms with Gasteiger partial charge in [-0.15, -0.1) is 0 Å². The van der Waals surface area contributed by atoms with Crippen LogP contribution in [0.25, 0.3) is 27.4 Å². The maximum atomic E-state index is 4.32. The highest BCUT2D eigenvalue weighted by molar-refractivity contribution is 6.15. The molecule has 4 aromatic rings. The number of hydrogen-bond donors (Lipinski definition) is 0. The Labute approximate surface area is 159 Å². The van der Waals surface area contributed by atoms with E-state index in [0.29, 0.717) is 0 Å². The summed E-state index contributed by atoms with van der Waals surface area (Å²) in [5, 5.41) is 2.54. The number of hydrogen-bond acceptors (Lipinski definition) is 1. The van der Waals surface area contributed by atoms with Crippen LogP contribution in [0, 0.1) is 0 Å². The van der Waals surface area contributed by atoms with E-state index in [1.807, 2.05) is 12.1 Å². The number of nitrogens with zero attached hydrogens (tertiary/aromatic N) is 2. The number of fused-ring (bicyclic) bond motifs is 5. The Hall–Kier alpha value is -3.52. The molecule has 0 fully saturated rings. The minimum Gasteiger partial charge on any atom is -0.342 e. The smallest absolute Gasteiger partial charge is 0.0779 e. The van der Waals surface area contributed by atoms with Crippen molar-refractivity contribution in [2.75, 3.05) is 4.90 Å². The summed E-state index contributed by atoms with van der Waals surface area (Å²) in [7, 11) is 2.15. The Bertz CT molecular complexity index is 1240. The van der Waals surface area contributed by atoms with Crippen molar-refractivity contribution in [1.29, 1.82) is 0 Å². The van der Waals surface area contributed by atoms with Crippen LogP contribution >= 0.6 is 0 Å². The van der Waals surface area contributed by atoms with Crippen molar-refractivity contribution in [3.63, 3.8) is 0 Å². The summed E-state index contributed by atoms with van der Waals surface area (Å²) in [5.41, 5.74) is 6.93. The third kappa shape index (κ3) is 2.34. The van der Waals surface area contributed by atoms with Gasteiger partial charge in [-0.3, -0.25) is 0 Å². The van der Waals surface area contributed by atoms with Crippen molar-refractivity contribution < 1.29 is 0 Å². The van der Waals surface area contributed by atoms with Gasteiger partial charge in [-0.05, 0) is 29.8 Å². The number of rotatable bonds is 1. The number of aryl methyl sites for hydroxylation is 1. The SMILES string of the molecule is C=C1/C=C\C=C/N(c2ccccc2)c2c1ccc1c3ccccc3n(C)c21. The number of benzene rings is 3. The van der Waals surface area contributed by atoms with Crippen LogP contribution in [0.1, 0.15) is 5.56 Å². The molecule has 0 amide bonds. The first kappa shape index (κ1) is 15.7. The number of anilines is 2. The maximum Gasteiger partial charge on any atom is 0.0779 e. The monoisotopic (exact) mass is 348 g/mol. The number of allylic oxidation sites excluding steroid dienone is 4. The molecule has 0 saturated carbocycles. The van der Waals surface area contributed by atoms with Crippen LogP contribution in [0.2, 0.25) is 0 Å². The molecule has 0 saturated heterocycles. The second-order valence-electron chi connectivity index (χ2n) is 6.87. The van der Waals surface area contributed by atoms with Crippen LogP contribution in [0.5, 0.6) is 0 Å². The molecule has 0 atom stereocenters. The Balaban J connectivity index is 1.95. The van der Waals surface area contributed by atoms with Gasteiger partial charge in [0, 0.05) is 40.8 Å². The fourth-order valence-corrected chi connectivity index (χ4v) is 4.03. The van der Waals surface area contributed by atoms with Crippen LogP contribution in [0.15, 0.2) is 97.7 Å². The molecule has 0 N–H and O–H groups in total. The summed E-state index contributed by atoms with van der Waals surface area (Å²) >= 11 is 0. The third-order valence-corrected chi connectivity index (χ3v) is 5.31. The lowest BCUT2D eigenvalue weighted by Crippen LogP contribution is -2.12. The maximum absolute atomic E-state index is 4.32. The van der Waals surface area contributed by atoms with Crippen molar-refractivity contribution in [3.05, 3.63) is 103 Å². The average molecular weight is 348 g/mol. The molecule has 2 nitrogen and oxygen atoms in total. The van der Waals surface area contributed by atoms with E-state index in [1.54, 1.807) is 0 Å². The molecule has 2 heterocycles. The van der Waals surface area contributed by atoms with Crippen LogP contribution < -0.4 is 4.90 Å². The summed E-state index contributed by atoms with van der Waals surface area (Å²) in [5.74, 6) is 0. The van der Waals surface area contributed by atoms with Gasteiger partial charge in [0.25, 0.3) is 0 Å². The lowest BCUT2D eigenvalue weighted by molar-refractivity contribution is 1.01. The molecular weight excluding hydrogens is 328 g/mol. The third-order valence-electron chi connectivity index (χ3n) is 5.31. The van der Waals surface area contributed by atoms with Gasteiger partial charge in [0.05, 0.1) is 11.2 Å². The molecule has 0 aliphatic carbocycles. The summed E-state index contributed by atoms with van der Waals surface area (Å²) in [4.78, 5) is 2.27. The molecule has 1 aliphatic rings. The van der Waals surface area contributed by atoms with Crippen molar-refractivity contribution in [2.45, 2.75) is 0 Å². The van der Waals surface area contributed by atoms with Gasteiger partial charge in [0.1, 0.15) is 0 Å². The van der Waals surface area contributed by atoms with Crippen molar-refractivity contribution >= 4 is 38.8 Å². The summed E-state index contributed by atoms with van der Waals surface area (Å²) in [6.07, 6.45) is 8.33. The summed E-state index contributed by atoms with van der Waals surface area (Å²) in [6, 6.07) is 23.5. The first-order valence-corrected chi connectivity index (χ1v) is 9.14. The van der Waals surface area contributed by atoms with Crippen LogP contribution in [-0.2, 0) is 7.05 Å². The van der Waals surface area contributed by atoms with E-state index in [4.69, 9.17) is 0 Å². The first-order valence-electron chi connectivity index (χ1n) is 9.14. The van der Waals surface area contributed by atoms with Crippen LogP contribution in [-0.4, -0.2) is 4.57 Å². The van der Waals surface area contributed by atoms with Gasteiger partial charge in [0.2, 0.25) is 0 Å². The van der Waals surface area contributed by atoms with Crippen molar-refractivity contribution in [1.82, 2.24) is 4.57 Å². The van der Waals surface area contributed by atoms with Crippen LogP contribution in [0.4, 0.5) is 11.4 Å². The Kier molecular flexibility index (Phi) is 3.51. The molecule has 2 heteroatoms. The van der Waals surface area contributed by atoms with Gasteiger partial charge < -0.3 is 9.47 Å². The lowest BCUT2D eigenvalue weighted by atomic mass is 9.99. The molecule has 1 aliphatic heterocycles. The van der Waals surface area contributed by atoms with Gasteiger partial charge in [-0.1, -0.05) is 67.3 Å². The predicted molar refractivity (Wildman–Crippen MR) is 116 cm³/mol. The Morgan fingerprint density at radius 1 is 0.778 bits per heavy atom. The minimum atomic E-state index is 1.02. The van der Waals surface area contributed by atoms with Gasteiger partial charge in [-0.25, -0.2) is 0 Å². The predicted octanol–water partition coefficient (Wildman–Crippen LogP) is 6.57. The van der Waals surface area contributed by atoms with Crippen molar-refractivity contribution in [2.24, 2.45) is 7.05 Å². The first-order chi connectivity index (χ1) is 13.3. The standard InChI is InChI=1S/C25H20N2/c1-18-10-8-9-17-27(19-11-4-3-5-12-19)25-20(18)15-16-22-21-13-6-7-14-23(21)26(2)24(22)25/h3-17H,1H2,2H3/b10-8-,17-9-. The van der Waals surface area contributed by atoms with E-state index >= 15 is 0 Å². The highest BCUT2D eigenvalue weighted by Gasteiger charge is 2.21. The van der Waals surface area contributed by atoms with Gasteiger partial charge >= 0.3 is 0 Å². The van der Waals surface area contributed by atoms with Crippen LogP contribution in [0.3, 0.4) is 0 Å². The van der Waals surface area contributed by atoms with E-state index in [0.717, 1.165) is 16.8 Å². The number of para-hydroxylation sites is 2. The second-order valence-corrected chi connectivity index (χ2v) is 6.87. The highest BCUT2D eigenvalue weighted by atomic mass is 15.1. The van der Waals surface area contributed by atoms with Crippen molar-refractivity contribution in [3.8, 4) is 0 Å². The van der Waals surface area contributed by atoms with Gasteiger partial charge in [-0.2, -0.15) is 0 Å². The van der Waals surface area contributed by atoms with Gasteiger partial charge in [0.15, 0.2) is 0 Å². The van der Waals surface area contributed by atoms with E-state index in [1.165, 1.54) is 27.5 Å². The molecule has 1 aromatic heterocycles. The Morgan fingerprint density at radius 3 is 2.41 bits per heavy atom. The zero-order valence-corrected chi connectivity index (χ0v) is 15.3. The molecule has 27 heavy (non-hydrogen) atoms. The topological polar surface area (TPSA) is 8.17 Å². The highest BCUT2D eigenvalue weighted by Crippen LogP contribution is 2.42. The molecule has 0 unspecified atom stereocenters. The van der Waals surface area contributed by atoms with E-state index in [-0.39, 0.29) is 0 Å². The largest absolute Gasteiger partial charge is 0.342 e. The average Bonchev–Trinajstić information content (AvgIpc) is 2.99. The zero-order valence-electron chi connectivity index (χ0n) is 15.3. The molecular formula is C25H20N2. The lowest BCUT2D eigenvalue weighted by Gasteiger charge is -2.26. The fourth-order valence-electron chi connectivity index (χ4n) is 4.03. The molecule has 130 valence electrons. The summed E-state index contributed by atoms with van der Waals surface area (Å²) in [6.45, 7) is 4.32. The van der Waals surface area contributed by atoms with E-state index in [2.05, 4.69) is 102 Å². The second kappa shape index (κ2) is 6.03. The molecule has 5 rings (SSSR count). The van der Waals surface area contributed by atoms with E-state index in [9.17, 15) is 0 Å². The Morgan fingerprint density at radius 2 is 1.56 bits per heavy atom. The fraction of sp³-hybridized carbons (Fsp3) is 0.0400. The number of aromatic nitrogens is 1. The summed E-state index contributed by atoms with van der Waals surface area (Å²) < 4.78 is 2.30. The molecule has 0 spiro atoms. The molecule has 3 aromatic carbocycles. The zero-order chi connectivity index (χ0) is 18.4. The molecule has 0 radical (unpaired) electrons. The van der Waals surface area contributed by atoms with E-state index < -0.39 is 0 Å².